The number of nitro benzene ring substituents is 1. The van der Waals surface area contributed by atoms with Crippen molar-refractivity contribution in [2.75, 3.05) is 11.6 Å². The van der Waals surface area contributed by atoms with E-state index in [1.165, 1.54) is 27.9 Å². The lowest BCUT2D eigenvalue weighted by atomic mass is 10.2. The predicted molar refractivity (Wildman–Crippen MR) is 81.5 cm³/mol. The van der Waals surface area contributed by atoms with Gasteiger partial charge in [-0.05, 0) is 6.07 Å². The van der Waals surface area contributed by atoms with Crippen LogP contribution >= 0.6 is 0 Å². The maximum atomic E-state index is 10.9. The number of fused-ring (bicyclic) bond motifs is 1. The number of rotatable bonds is 6. The van der Waals surface area contributed by atoms with Crippen molar-refractivity contribution in [3.05, 3.63) is 53.6 Å². The van der Waals surface area contributed by atoms with E-state index < -0.39 is 11.1 Å². The smallest absolute Gasteiger partial charge is 0.270 e. The van der Waals surface area contributed by atoms with Gasteiger partial charge >= 0.3 is 0 Å². The summed E-state index contributed by atoms with van der Waals surface area (Å²) < 4.78 is 1.52. The molecule has 2 aromatic rings. The van der Waals surface area contributed by atoms with Gasteiger partial charge in [0.1, 0.15) is 6.17 Å². The molecule has 0 fully saturated rings. The molecule has 8 heteroatoms. The van der Waals surface area contributed by atoms with Gasteiger partial charge in [0.25, 0.3) is 5.69 Å². The minimum absolute atomic E-state index is 0.0394. The first-order valence-corrected chi connectivity index (χ1v) is 6.17. The lowest BCUT2D eigenvalue weighted by Crippen LogP contribution is -2.31. The average Bonchev–Trinajstić information content (AvgIpc) is 2.85. The lowest BCUT2D eigenvalue weighted by Gasteiger charge is -2.13. The number of aromatic nitrogens is 2. The molecular formula is C13H16N6O2. The first-order chi connectivity index (χ1) is 9.99. The summed E-state index contributed by atoms with van der Waals surface area (Å²) in [5.41, 5.74) is 6.52. The zero-order valence-corrected chi connectivity index (χ0v) is 11.3. The summed E-state index contributed by atoms with van der Waals surface area (Å²) in [6.45, 7) is 7.58. The number of nitrogens with two attached hydrogens (primary N) is 2. The molecule has 1 unspecified atom stereocenters. The highest BCUT2D eigenvalue weighted by Crippen LogP contribution is 2.29. The van der Waals surface area contributed by atoms with E-state index in [0.717, 1.165) is 0 Å². The summed E-state index contributed by atoms with van der Waals surface area (Å²) in [5.74, 6) is 6.30. The number of hydrazine groups is 1. The second kappa shape index (κ2) is 5.73. The van der Waals surface area contributed by atoms with Crippen molar-refractivity contribution in [1.82, 2.24) is 9.78 Å². The molecule has 4 N–H and O–H groups in total. The van der Waals surface area contributed by atoms with Crippen LogP contribution in [0.25, 0.3) is 10.9 Å². The summed E-state index contributed by atoms with van der Waals surface area (Å²) in [4.78, 5) is 10.5. The van der Waals surface area contributed by atoms with Crippen LogP contribution in [0, 0.1) is 10.1 Å². The Morgan fingerprint density at radius 2 is 2.24 bits per heavy atom. The van der Waals surface area contributed by atoms with Crippen LogP contribution in [0.15, 0.2) is 43.5 Å². The molecule has 1 aromatic heterocycles. The zero-order valence-electron chi connectivity index (χ0n) is 11.3. The number of nitrogens with zero attached hydrogens (tertiary/aromatic N) is 4. The van der Waals surface area contributed by atoms with Crippen LogP contribution in [-0.2, 0) is 0 Å². The van der Waals surface area contributed by atoms with Gasteiger partial charge in [0.05, 0.1) is 22.4 Å². The van der Waals surface area contributed by atoms with Gasteiger partial charge in [-0.15, -0.1) is 6.58 Å². The maximum absolute atomic E-state index is 10.9. The van der Waals surface area contributed by atoms with Gasteiger partial charge in [-0.2, -0.15) is 5.10 Å². The Labute approximate surface area is 121 Å². The van der Waals surface area contributed by atoms with Gasteiger partial charge in [0, 0.05) is 12.1 Å². The SMILES string of the molecule is C=CCN(N)c1nn(C(N)C=C)c2ccc([N+](=O)[O-])cc12. The molecule has 0 spiro atoms. The topological polar surface area (TPSA) is 116 Å². The van der Waals surface area contributed by atoms with Crippen LogP contribution in [0.4, 0.5) is 11.5 Å². The lowest BCUT2D eigenvalue weighted by molar-refractivity contribution is -0.384. The van der Waals surface area contributed by atoms with E-state index in [0.29, 0.717) is 23.3 Å². The summed E-state index contributed by atoms with van der Waals surface area (Å²) in [6.07, 6.45) is 2.57. The Bertz CT molecular complexity index is 708. The number of benzene rings is 1. The number of hydrogen-bond acceptors (Lipinski definition) is 6. The second-order valence-electron chi connectivity index (χ2n) is 4.39. The average molecular weight is 288 g/mol. The van der Waals surface area contributed by atoms with E-state index in [1.807, 2.05) is 0 Å². The third-order valence-electron chi connectivity index (χ3n) is 3.00. The molecule has 0 bridgehead atoms. The van der Waals surface area contributed by atoms with Gasteiger partial charge in [-0.1, -0.05) is 18.7 Å². The standard InChI is InChI=1S/C13H16N6O2/c1-3-7-17(15)13-10-8-9(19(20)21)5-6-11(10)18(16-13)12(14)4-2/h3-6,8,12H,1-2,7,14-15H2. The fourth-order valence-corrected chi connectivity index (χ4v) is 1.99. The van der Waals surface area contributed by atoms with Gasteiger partial charge in [0.2, 0.25) is 0 Å². The van der Waals surface area contributed by atoms with Gasteiger partial charge in [-0.3, -0.25) is 15.1 Å². The molecule has 0 saturated heterocycles. The van der Waals surface area contributed by atoms with Crippen molar-refractivity contribution in [2.24, 2.45) is 11.6 Å². The van der Waals surface area contributed by atoms with Gasteiger partial charge in [-0.25, -0.2) is 10.5 Å². The third-order valence-corrected chi connectivity index (χ3v) is 3.00. The minimum atomic E-state index is -0.556. The van der Waals surface area contributed by atoms with Crippen molar-refractivity contribution in [3.63, 3.8) is 0 Å². The Kier molecular flexibility index (Phi) is 4.01. The molecule has 110 valence electrons. The van der Waals surface area contributed by atoms with E-state index in [9.17, 15) is 10.1 Å². The highest BCUT2D eigenvalue weighted by molar-refractivity contribution is 5.92. The van der Waals surface area contributed by atoms with Crippen LogP contribution in [0.5, 0.6) is 0 Å². The zero-order chi connectivity index (χ0) is 15.6. The van der Waals surface area contributed by atoms with Crippen molar-refractivity contribution in [3.8, 4) is 0 Å². The maximum Gasteiger partial charge on any atom is 0.270 e. The fraction of sp³-hybridized carbons (Fsp3) is 0.154. The molecule has 2 rings (SSSR count). The molecule has 0 aliphatic carbocycles. The number of non-ortho nitro benzene ring substituents is 1. The molecule has 1 aromatic carbocycles. The monoisotopic (exact) mass is 288 g/mol. The van der Waals surface area contributed by atoms with Crippen molar-refractivity contribution in [2.45, 2.75) is 6.17 Å². The highest BCUT2D eigenvalue weighted by atomic mass is 16.6. The van der Waals surface area contributed by atoms with Crippen LogP contribution in [0.3, 0.4) is 0 Å². The minimum Gasteiger partial charge on any atom is -0.306 e. The number of hydrogen-bond donors (Lipinski definition) is 2. The fourth-order valence-electron chi connectivity index (χ4n) is 1.99. The first-order valence-electron chi connectivity index (χ1n) is 6.17. The van der Waals surface area contributed by atoms with E-state index >= 15 is 0 Å². The predicted octanol–water partition coefficient (Wildman–Crippen LogP) is 1.45. The molecular weight excluding hydrogens is 272 g/mol. The van der Waals surface area contributed by atoms with Crippen molar-refractivity contribution < 1.29 is 4.92 Å². The highest BCUT2D eigenvalue weighted by Gasteiger charge is 2.19. The van der Waals surface area contributed by atoms with E-state index in [2.05, 4.69) is 18.3 Å². The third kappa shape index (κ3) is 2.62. The number of anilines is 1. The summed E-state index contributed by atoms with van der Waals surface area (Å²) in [6, 6.07) is 4.41. The first kappa shape index (κ1) is 14.7. The summed E-state index contributed by atoms with van der Waals surface area (Å²) in [7, 11) is 0. The van der Waals surface area contributed by atoms with Gasteiger partial charge in [0.15, 0.2) is 5.82 Å². The summed E-state index contributed by atoms with van der Waals surface area (Å²) in [5, 5.41) is 17.2. The van der Waals surface area contributed by atoms with E-state index in [4.69, 9.17) is 11.6 Å². The van der Waals surface area contributed by atoms with Crippen molar-refractivity contribution >= 4 is 22.4 Å². The van der Waals surface area contributed by atoms with Gasteiger partial charge < -0.3 is 5.73 Å². The van der Waals surface area contributed by atoms with Crippen LogP contribution in [-0.4, -0.2) is 21.2 Å². The molecule has 21 heavy (non-hydrogen) atoms. The van der Waals surface area contributed by atoms with Crippen LogP contribution in [0.1, 0.15) is 6.17 Å². The van der Waals surface area contributed by atoms with E-state index in [1.54, 1.807) is 12.1 Å². The molecule has 0 aliphatic rings. The molecule has 8 nitrogen and oxygen atoms in total. The summed E-state index contributed by atoms with van der Waals surface area (Å²) >= 11 is 0. The molecule has 0 aliphatic heterocycles. The second-order valence-corrected chi connectivity index (χ2v) is 4.39. The Hall–Kier alpha value is -2.71. The largest absolute Gasteiger partial charge is 0.306 e. The van der Waals surface area contributed by atoms with Crippen LogP contribution < -0.4 is 16.6 Å². The molecule has 0 radical (unpaired) electrons. The Balaban J connectivity index is 2.70. The molecule has 1 heterocycles. The normalized spacial score (nSPS) is 12.1. The van der Waals surface area contributed by atoms with Crippen molar-refractivity contribution in [1.29, 1.82) is 0 Å². The van der Waals surface area contributed by atoms with Crippen LogP contribution in [0.2, 0.25) is 0 Å². The number of nitro groups is 1. The Morgan fingerprint density at radius 3 is 2.81 bits per heavy atom. The molecule has 0 amide bonds. The molecule has 1 atom stereocenters. The molecule has 0 saturated carbocycles. The van der Waals surface area contributed by atoms with E-state index in [-0.39, 0.29) is 5.69 Å². The quantitative estimate of drug-likeness (QED) is 0.359. The Morgan fingerprint density at radius 1 is 1.52 bits per heavy atom.